The standard InChI is InChI=1S/C35H36Cl2FN3O7S/c1-40-12-10-21(11-13-40)48-35(44)32(23-6-4-5-7-29(23)38)39-17-22-15-25(33(49-22)34(42)43)24(16-26-27(36)18-41(45)19-28(26)37)20-8-9-30(46-2)31(14-20)47-3/h4-9,14-15,18-19,21,24,32,39H,10-13,16-17H2,1-3H3,(H,42,43)/t24-,32?/m0/s1. The molecule has 1 saturated heterocycles. The average molecular weight is 733 g/mol. The number of aromatic carboxylic acids is 1. The van der Waals surface area contributed by atoms with Crippen LogP contribution >= 0.6 is 34.5 Å². The van der Waals surface area contributed by atoms with Crippen LogP contribution in [0.2, 0.25) is 10.0 Å². The van der Waals surface area contributed by atoms with E-state index in [1.165, 1.54) is 38.7 Å². The van der Waals surface area contributed by atoms with Crippen molar-refractivity contribution < 1.29 is 38.0 Å². The van der Waals surface area contributed by atoms with E-state index in [1.54, 1.807) is 36.4 Å². The second kappa shape index (κ2) is 16.2. The normalized spacial score (nSPS) is 15.1. The van der Waals surface area contributed by atoms with Crippen LogP contribution < -0.4 is 19.5 Å². The number of hydrogen-bond acceptors (Lipinski definition) is 9. The minimum atomic E-state index is -1.16. The fourth-order valence-electron chi connectivity index (χ4n) is 5.95. The van der Waals surface area contributed by atoms with Crippen molar-refractivity contribution in [1.82, 2.24) is 10.2 Å². The molecule has 1 unspecified atom stereocenters. The second-order valence-electron chi connectivity index (χ2n) is 11.7. The van der Waals surface area contributed by atoms with E-state index < -0.39 is 29.7 Å². The fraction of sp³-hybridized carbons (Fsp3) is 0.343. The molecule has 49 heavy (non-hydrogen) atoms. The van der Waals surface area contributed by atoms with Gasteiger partial charge in [-0.15, -0.1) is 11.3 Å². The molecular formula is C35H36Cl2FN3O7S. The fourth-order valence-corrected chi connectivity index (χ4v) is 7.55. The molecule has 260 valence electrons. The van der Waals surface area contributed by atoms with Crippen LogP contribution in [0.25, 0.3) is 0 Å². The third-order valence-electron chi connectivity index (χ3n) is 8.54. The molecule has 0 radical (unpaired) electrons. The number of carbonyl (C=O) groups excluding carboxylic acids is 1. The Balaban J connectivity index is 1.51. The predicted octanol–water partition coefficient (Wildman–Crippen LogP) is 6.39. The van der Waals surface area contributed by atoms with Gasteiger partial charge in [0.2, 0.25) is 0 Å². The molecule has 10 nitrogen and oxygen atoms in total. The van der Waals surface area contributed by atoms with Gasteiger partial charge in [0.15, 0.2) is 23.9 Å². The van der Waals surface area contributed by atoms with Gasteiger partial charge >= 0.3 is 11.9 Å². The number of aromatic nitrogens is 1. The van der Waals surface area contributed by atoms with Crippen LogP contribution in [0.3, 0.4) is 0 Å². The highest BCUT2D eigenvalue weighted by Crippen LogP contribution is 2.41. The number of likely N-dealkylation sites (tertiary alicyclic amines) is 1. The quantitative estimate of drug-likeness (QED) is 0.0915. The van der Waals surface area contributed by atoms with Gasteiger partial charge < -0.3 is 29.4 Å². The van der Waals surface area contributed by atoms with Crippen LogP contribution in [0.1, 0.15) is 61.6 Å². The number of benzene rings is 2. The van der Waals surface area contributed by atoms with Crippen molar-refractivity contribution in [1.29, 1.82) is 0 Å². The molecule has 3 heterocycles. The molecule has 0 spiro atoms. The summed E-state index contributed by atoms with van der Waals surface area (Å²) in [5, 5.41) is 25.7. The van der Waals surface area contributed by atoms with Gasteiger partial charge in [-0.2, -0.15) is 4.73 Å². The Labute approximate surface area is 297 Å². The van der Waals surface area contributed by atoms with Gasteiger partial charge in [-0.1, -0.05) is 47.5 Å². The van der Waals surface area contributed by atoms with E-state index in [9.17, 15) is 19.9 Å². The second-order valence-corrected chi connectivity index (χ2v) is 13.7. The van der Waals surface area contributed by atoms with E-state index in [4.69, 9.17) is 37.4 Å². The van der Waals surface area contributed by atoms with Gasteiger partial charge in [0.1, 0.15) is 32.9 Å². The van der Waals surface area contributed by atoms with Gasteiger partial charge in [0.25, 0.3) is 0 Å². The van der Waals surface area contributed by atoms with Crippen LogP contribution in [-0.2, 0) is 22.5 Å². The number of nitrogens with one attached hydrogen (secondary N) is 1. The molecule has 4 aromatic rings. The van der Waals surface area contributed by atoms with Gasteiger partial charge in [-0.25, -0.2) is 14.0 Å². The van der Waals surface area contributed by atoms with Crippen molar-refractivity contribution in [3.63, 3.8) is 0 Å². The van der Waals surface area contributed by atoms with E-state index in [2.05, 4.69) is 10.2 Å². The summed E-state index contributed by atoms with van der Waals surface area (Å²) >= 11 is 14.0. The van der Waals surface area contributed by atoms with Crippen molar-refractivity contribution in [2.45, 2.75) is 43.9 Å². The van der Waals surface area contributed by atoms with Crippen LogP contribution in [-0.4, -0.2) is 62.4 Å². The average Bonchev–Trinajstić information content (AvgIpc) is 3.50. The first-order valence-corrected chi connectivity index (χ1v) is 17.1. The zero-order chi connectivity index (χ0) is 35.2. The lowest BCUT2D eigenvalue weighted by atomic mass is 9.85. The Hall–Kier alpha value is -3.94. The van der Waals surface area contributed by atoms with E-state index in [0.717, 1.165) is 24.4 Å². The first-order valence-electron chi connectivity index (χ1n) is 15.5. The van der Waals surface area contributed by atoms with Crippen molar-refractivity contribution >= 4 is 46.5 Å². The minimum Gasteiger partial charge on any atom is -0.619 e. The number of ether oxygens (including phenoxy) is 3. The van der Waals surface area contributed by atoms with E-state index in [0.29, 0.717) is 50.6 Å². The Morgan fingerprint density at radius 1 is 1.06 bits per heavy atom. The smallest absolute Gasteiger partial charge is 0.346 e. The molecule has 2 aromatic carbocycles. The number of nitrogens with zero attached hydrogens (tertiary/aromatic N) is 2. The maximum atomic E-state index is 15.0. The number of pyridine rings is 1. The molecule has 0 aliphatic carbocycles. The summed E-state index contributed by atoms with van der Waals surface area (Å²) in [6.07, 6.45) is 3.56. The zero-order valence-electron chi connectivity index (χ0n) is 27.1. The van der Waals surface area contributed by atoms with Crippen LogP contribution in [0.15, 0.2) is 60.9 Å². The highest BCUT2D eigenvalue weighted by Gasteiger charge is 2.31. The van der Waals surface area contributed by atoms with E-state index in [-0.39, 0.29) is 39.6 Å². The van der Waals surface area contributed by atoms with Crippen molar-refractivity contribution in [2.24, 2.45) is 0 Å². The highest BCUT2D eigenvalue weighted by atomic mass is 35.5. The number of carboxylic acid groups (broad SMARTS) is 1. The Kier molecular flexibility index (Phi) is 12.0. The largest absolute Gasteiger partial charge is 0.619 e. The number of thiophene rings is 1. The van der Waals surface area contributed by atoms with E-state index >= 15 is 4.39 Å². The summed E-state index contributed by atoms with van der Waals surface area (Å²) < 4.78 is 32.3. The van der Waals surface area contributed by atoms with Gasteiger partial charge in [-0.05, 0) is 61.7 Å². The monoisotopic (exact) mass is 731 g/mol. The number of methoxy groups -OCH3 is 2. The number of hydrogen-bond donors (Lipinski definition) is 2. The number of carboxylic acids is 1. The van der Waals surface area contributed by atoms with Crippen LogP contribution in [0, 0.1) is 11.0 Å². The van der Waals surface area contributed by atoms with E-state index in [1.807, 2.05) is 7.05 Å². The number of piperidine rings is 1. The molecule has 0 bridgehead atoms. The summed E-state index contributed by atoms with van der Waals surface area (Å²) in [4.78, 5) is 29.0. The minimum absolute atomic E-state index is 0.0359. The molecule has 2 aromatic heterocycles. The SMILES string of the molecule is COc1ccc([C@H](Cc2c(Cl)c[n+]([O-])cc2Cl)c2cc(CNC(C(=O)OC3CCN(C)CC3)c3ccccc3F)sc2C(=O)O)cc1OC. The third-order valence-corrected chi connectivity index (χ3v) is 10.3. The van der Waals surface area contributed by atoms with Gasteiger partial charge in [0, 0.05) is 41.6 Å². The maximum absolute atomic E-state index is 15.0. The topological polar surface area (TPSA) is 124 Å². The molecule has 5 rings (SSSR count). The number of carbonyl (C=O) groups is 2. The van der Waals surface area contributed by atoms with Crippen molar-refractivity contribution in [3.8, 4) is 11.5 Å². The third kappa shape index (κ3) is 8.63. The molecule has 1 aliphatic rings. The number of rotatable bonds is 13. The molecule has 0 saturated carbocycles. The summed E-state index contributed by atoms with van der Waals surface area (Å²) in [5.41, 5.74) is 1.70. The van der Waals surface area contributed by atoms with Crippen molar-refractivity contribution in [2.75, 3.05) is 34.4 Å². The van der Waals surface area contributed by atoms with Crippen LogP contribution in [0.5, 0.6) is 11.5 Å². The molecule has 0 amide bonds. The first kappa shape index (κ1) is 36.3. The van der Waals surface area contributed by atoms with Gasteiger partial charge in [0.05, 0.1) is 14.2 Å². The highest BCUT2D eigenvalue weighted by molar-refractivity contribution is 7.14. The number of esters is 1. The first-order chi connectivity index (χ1) is 23.5. The summed E-state index contributed by atoms with van der Waals surface area (Å²) in [7, 11) is 5.01. The lowest BCUT2D eigenvalue weighted by Crippen LogP contribution is -2.38. The van der Waals surface area contributed by atoms with Crippen LogP contribution in [0.4, 0.5) is 4.39 Å². The molecule has 14 heteroatoms. The lowest BCUT2D eigenvalue weighted by molar-refractivity contribution is -0.605. The molecule has 1 aliphatic heterocycles. The summed E-state index contributed by atoms with van der Waals surface area (Å²) in [6.45, 7) is 1.60. The number of halogens is 3. The molecule has 1 fully saturated rings. The summed E-state index contributed by atoms with van der Waals surface area (Å²) in [6, 6.07) is 11.8. The molecule has 2 atom stereocenters. The maximum Gasteiger partial charge on any atom is 0.346 e. The zero-order valence-corrected chi connectivity index (χ0v) is 29.4. The Bertz CT molecular complexity index is 1790. The molecular weight excluding hydrogens is 696 g/mol. The van der Waals surface area contributed by atoms with Crippen molar-refractivity contribution in [3.05, 3.63) is 114 Å². The lowest BCUT2D eigenvalue weighted by Gasteiger charge is -2.30. The predicted molar refractivity (Wildman–Crippen MR) is 184 cm³/mol. The van der Waals surface area contributed by atoms with Gasteiger partial charge in [-0.3, -0.25) is 5.32 Å². The molecule has 2 N–H and O–H groups in total. The Morgan fingerprint density at radius 2 is 1.73 bits per heavy atom. The summed E-state index contributed by atoms with van der Waals surface area (Å²) in [5.74, 6) is -2.05. The Morgan fingerprint density at radius 3 is 2.37 bits per heavy atom.